The monoisotopic (exact) mass is 1930 g/mol. The molecule has 2 saturated carbocycles. The van der Waals surface area contributed by atoms with Crippen molar-refractivity contribution in [3.05, 3.63) is 382 Å². The van der Waals surface area contributed by atoms with E-state index in [9.17, 15) is 49.2 Å². The fraction of sp³-hybridized carbons (Fsp3) is 0.391. The van der Waals surface area contributed by atoms with Crippen LogP contribution in [0.4, 0.5) is 9.59 Å². The van der Waals surface area contributed by atoms with Gasteiger partial charge in [-0.25, -0.2) is 14.4 Å². The molecule has 6 N–H and O–H groups in total. The van der Waals surface area contributed by atoms with Crippen molar-refractivity contribution in [2.45, 2.75) is 240 Å². The maximum Gasteiger partial charge on any atom is 0.410 e. The Bertz CT molecular complexity index is 5620. The van der Waals surface area contributed by atoms with E-state index in [4.69, 9.17) is 14.6 Å². The van der Waals surface area contributed by atoms with Gasteiger partial charge in [-0.1, -0.05) is 119 Å². The second kappa shape index (κ2) is 54.9. The molecular weight excluding hydrogens is 1790 g/mol. The molecule has 16 rings (SSSR count). The molecule has 4 aliphatic rings. The van der Waals surface area contributed by atoms with Crippen LogP contribution in [0.1, 0.15) is 262 Å². The number of carbonyl (C=O) groups excluding carboxylic acids is 5. The molecule has 2 saturated heterocycles. The number of hydrogen-bond donors (Lipinski definition) is 6. The highest BCUT2D eigenvalue weighted by Crippen LogP contribution is 2.44. The number of aliphatic hydroxyl groups excluding tert-OH is 4. The molecule has 0 radical (unpaired) electrons. The van der Waals surface area contributed by atoms with Crippen LogP contribution in [0.3, 0.4) is 0 Å². The second-order valence-corrected chi connectivity index (χ2v) is 38.5. The Morgan fingerprint density at radius 3 is 0.880 bits per heavy atom. The topological polar surface area (TPSA) is 353 Å². The number of aromatic carboxylic acids is 1. The number of rotatable bonds is 28. The largest absolute Gasteiger partial charge is 0.478 e. The van der Waals surface area contributed by atoms with Crippen molar-refractivity contribution in [3.8, 4) is 0 Å². The Balaban J connectivity index is 0.000000225. The third-order valence-electron chi connectivity index (χ3n) is 25.6. The smallest absolute Gasteiger partial charge is 0.410 e. The molecular formula is C115H146N14O13. The molecule has 27 nitrogen and oxygen atoms in total. The van der Waals surface area contributed by atoms with E-state index in [-0.39, 0.29) is 70.9 Å². The first-order chi connectivity index (χ1) is 66.9. The predicted molar refractivity (Wildman–Crippen MR) is 555 cm³/mol. The van der Waals surface area contributed by atoms with Gasteiger partial charge >= 0.3 is 18.2 Å². The highest BCUT2D eigenvalue weighted by Gasteiger charge is 2.45. The fourth-order valence-electron chi connectivity index (χ4n) is 18.6. The minimum Gasteiger partial charge on any atom is -0.478 e. The molecule has 12 aromatic rings. The van der Waals surface area contributed by atoms with E-state index in [1.165, 1.54) is 16.7 Å². The van der Waals surface area contributed by atoms with Crippen molar-refractivity contribution in [2.24, 2.45) is 23.7 Å². The quantitative estimate of drug-likeness (QED) is 0.0265. The number of carboxylic acids is 1. The Morgan fingerprint density at radius 1 is 0.352 bits per heavy atom. The number of aliphatic hydroxyl groups is 4. The Labute approximate surface area is 839 Å². The Morgan fingerprint density at radius 2 is 0.620 bits per heavy atom. The minimum atomic E-state index is -0.975. The van der Waals surface area contributed by atoms with Gasteiger partial charge < -0.3 is 55.0 Å². The van der Waals surface area contributed by atoms with Crippen LogP contribution in [0.5, 0.6) is 0 Å². The van der Waals surface area contributed by atoms with Gasteiger partial charge in [-0.2, -0.15) is 0 Å². The summed E-state index contributed by atoms with van der Waals surface area (Å²) in [5.74, 6) is 0.672. The fourth-order valence-corrected chi connectivity index (χ4v) is 18.6. The van der Waals surface area contributed by atoms with Crippen molar-refractivity contribution in [2.75, 3.05) is 28.2 Å². The standard InChI is InChI=1S/C30H36N4O4.2C26H29N3O2.C23H28N2O5.C7H10N2.3CH4.H2/c1-30(2,3)38-29(37)34-25(13-14-26(34)27(35)24-8-6-16-32-19-24)17-21-9-11-23(12-10-21)28(36)33(4)20-22-7-5-15-31-18-22;2*1-29(18-21-4-2-12-27-16-21)26(31)22-9-6-19(7-10-22)14-20-8-11-23(15-20)25(30)24-5-3-13-28-17-24;1-23(2,3)30-22(29)25-18(13-15-6-8-16(9-7-15)21(27)28)10-11-19(25)20(26)17-5-4-12-24-14-17;1-8-5-7-3-2-4-9-6-7;;;;/h5-12,15-16,18-19,25-27,35H,13-14,17,20H2,1-4H3;2*2-7,9-10,12-13,16-17,20,23,25,30H,8,11,14-15,18H2,1H3;4-9,12,14,18-20,26H,10-11,13H2,1-3H3,(H,27,28);2-4,6,8H,5H2,1H3;3*1H4;1H/t25-,26+,27+;2*20-,23-,25-;18-,19+,20+;;;;;/m0000...../s1. The number of hydrogen-bond acceptors (Lipinski definition) is 21. The van der Waals surface area contributed by atoms with Crippen molar-refractivity contribution in [1.82, 2.24) is 69.7 Å². The number of amides is 5. The summed E-state index contributed by atoms with van der Waals surface area (Å²) < 4.78 is 11.4. The van der Waals surface area contributed by atoms with Crippen LogP contribution in [0.2, 0.25) is 0 Å². The first kappa shape index (κ1) is 112. The van der Waals surface area contributed by atoms with E-state index in [1.54, 1.807) is 167 Å². The maximum atomic E-state index is 13.3. The summed E-state index contributed by atoms with van der Waals surface area (Å²) in [7, 11) is 7.33. The van der Waals surface area contributed by atoms with Crippen LogP contribution < -0.4 is 5.32 Å². The Kier molecular flexibility index (Phi) is 43.3. The number of nitrogens with zero attached hydrogens (tertiary/aromatic N) is 13. The number of carbonyl (C=O) groups is 6. The van der Waals surface area contributed by atoms with Gasteiger partial charge in [-0.15, -0.1) is 0 Å². The lowest BCUT2D eigenvalue weighted by Gasteiger charge is -2.34. The molecule has 27 heteroatoms. The summed E-state index contributed by atoms with van der Waals surface area (Å²) in [6.45, 7) is 13.4. The molecule has 12 atom stereocenters. The average Bonchev–Trinajstić information content (AvgIpc) is 1.64. The molecule has 0 unspecified atom stereocenters. The van der Waals surface area contributed by atoms with Gasteiger partial charge in [0, 0.05) is 188 Å². The van der Waals surface area contributed by atoms with Crippen LogP contribution in [0, 0.1) is 23.7 Å². The number of likely N-dealkylation sites (tertiary alicyclic amines) is 2. The van der Waals surface area contributed by atoms with Crippen LogP contribution in [-0.4, -0.2) is 189 Å². The van der Waals surface area contributed by atoms with E-state index in [0.29, 0.717) is 91.4 Å². The number of carboxylic acid groups (broad SMARTS) is 1. The van der Waals surface area contributed by atoms with Crippen LogP contribution in [0.25, 0.3) is 0 Å². The SMILES string of the molecule is C.C.C.CC(C)(C)OC(=O)N1[C@H](Cc2ccc(C(=O)O)cc2)CC[C@@H]1[C@H](O)c1cccnc1.CN(Cc1cccnc1)C(=O)c1ccc(C[C@@H]2CC[C@H]([C@H](O)c3cccnc3)C2)cc1.CN(Cc1cccnc1)C(=O)c1ccc(C[C@@H]2CC[C@H]([C@H](O)c3cccnc3)C2)cc1.CN(Cc1cccnc1)C(=O)c1ccc(C[C@@H]2CC[C@H]([C@H](O)c3cccnc3)N2C(=O)OC(C)(C)C)cc1.CNCc1cccnc1.[HH]. The minimum absolute atomic E-state index is 0. The summed E-state index contributed by atoms with van der Waals surface area (Å²) in [6.07, 6.45) is 36.3. The molecule has 4 aromatic carbocycles. The third-order valence-corrected chi connectivity index (χ3v) is 25.6. The van der Waals surface area contributed by atoms with Gasteiger partial charge in [0.05, 0.1) is 29.9 Å². The highest BCUT2D eigenvalue weighted by molar-refractivity contribution is 5.95. The average molecular weight is 1930 g/mol. The molecule has 0 bridgehead atoms. The molecule has 5 amide bonds. The zero-order chi connectivity index (χ0) is 99.0. The molecule has 142 heavy (non-hydrogen) atoms. The zero-order valence-electron chi connectivity index (χ0n) is 81.2. The molecule has 4 fully saturated rings. The lowest BCUT2D eigenvalue weighted by atomic mass is 9.92. The van der Waals surface area contributed by atoms with Gasteiger partial charge in [-0.05, 0) is 315 Å². The molecule has 10 heterocycles. The lowest BCUT2D eigenvalue weighted by Crippen LogP contribution is -2.47. The van der Waals surface area contributed by atoms with Gasteiger partial charge in [0.25, 0.3) is 17.7 Å². The Hall–Kier alpha value is -13.7. The van der Waals surface area contributed by atoms with Crippen molar-refractivity contribution < 1.29 is 65.2 Å². The number of nitrogens with one attached hydrogen (secondary N) is 1. The van der Waals surface area contributed by atoms with Crippen molar-refractivity contribution in [3.63, 3.8) is 0 Å². The zero-order valence-corrected chi connectivity index (χ0v) is 81.2. The summed E-state index contributed by atoms with van der Waals surface area (Å²) in [6, 6.07) is 59.3. The van der Waals surface area contributed by atoms with Gasteiger partial charge in [0.2, 0.25) is 0 Å². The van der Waals surface area contributed by atoms with E-state index < -0.39 is 65.9 Å². The van der Waals surface area contributed by atoms with Crippen molar-refractivity contribution in [1.29, 1.82) is 0 Å². The number of ether oxygens (including phenoxy) is 2. The van der Waals surface area contributed by atoms with Crippen molar-refractivity contribution >= 4 is 35.9 Å². The lowest BCUT2D eigenvalue weighted by molar-refractivity contribution is -0.00520. The third kappa shape index (κ3) is 33.5. The molecule has 0 spiro atoms. The maximum absolute atomic E-state index is 13.3. The van der Waals surface area contributed by atoms with E-state index >= 15 is 0 Å². The summed E-state index contributed by atoms with van der Waals surface area (Å²) in [4.78, 5) is 117. The molecule has 754 valence electrons. The summed E-state index contributed by atoms with van der Waals surface area (Å²) in [5, 5.41) is 55.6. The second-order valence-electron chi connectivity index (χ2n) is 38.5. The first-order valence-corrected chi connectivity index (χ1v) is 47.8. The van der Waals surface area contributed by atoms with Gasteiger partial charge in [0.1, 0.15) is 23.4 Å². The van der Waals surface area contributed by atoms with Crippen LogP contribution >= 0.6 is 0 Å². The molecule has 8 aromatic heterocycles. The van der Waals surface area contributed by atoms with Gasteiger partial charge in [-0.3, -0.25) is 64.1 Å². The molecule has 2 aliphatic carbocycles. The van der Waals surface area contributed by atoms with Gasteiger partial charge in [0.15, 0.2) is 0 Å². The normalized spacial score (nSPS) is 18.1. The summed E-state index contributed by atoms with van der Waals surface area (Å²) in [5.41, 5.74) is 12.7. The number of aromatic nitrogens is 8. The summed E-state index contributed by atoms with van der Waals surface area (Å²) >= 11 is 0. The molecule has 2 aliphatic heterocycles. The first-order valence-electron chi connectivity index (χ1n) is 47.8. The van der Waals surface area contributed by atoms with E-state index in [2.05, 4.69) is 69.5 Å². The van der Waals surface area contributed by atoms with Crippen LogP contribution in [-0.2, 0) is 61.3 Å². The predicted octanol–water partition coefficient (Wildman–Crippen LogP) is 20.5. The van der Waals surface area contributed by atoms with Crippen LogP contribution in [0.15, 0.2) is 293 Å². The number of pyridine rings is 8. The number of benzene rings is 4. The highest BCUT2D eigenvalue weighted by atomic mass is 16.6. The van der Waals surface area contributed by atoms with E-state index in [0.717, 1.165) is 103 Å². The van der Waals surface area contributed by atoms with E-state index in [1.807, 2.05) is 196 Å².